The van der Waals surface area contributed by atoms with Crippen LogP contribution in [-0.4, -0.2) is 6.61 Å². The lowest BCUT2D eigenvalue weighted by Gasteiger charge is -2.28. The molecule has 1 aliphatic rings. The number of hydrogen-bond donors (Lipinski definition) is 0. The molecule has 1 saturated carbocycles. The van der Waals surface area contributed by atoms with Crippen molar-refractivity contribution < 1.29 is 4.74 Å². The second-order valence-electron chi connectivity index (χ2n) is 5.95. The normalized spacial score (nSPS) is 22.1. The van der Waals surface area contributed by atoms with Crippen molar-refractivity contribution in [1.29, 1.82) is 5.26 Å². The number of allylic oxidation sites excluding steroid dienone is 1. The Kier molecular flexibility index (Phi) is 6.34. The number of benzene rings is 1. The largest absolute Gasteiger partial charge is 0.501 e. The molecule has 1 aromatic rings. The second kappa shape index (κ2) is 8.52. The van der Waals surface area contributed by atoms with Crippen molar-refractivity contribution in [3.8, 4) is 6.07 Å². The third kappa shape index (κ3) is 4.93. The smallest absolute Gasteiger partial charge is 0.0991 e. The average Bonchev–Trinajstić information content (AvgIpc) is 2.55. The molecule has 112 valence electrons. The summed E-state index contributed by atoms with van der Waals surface area (Å²) in [7, 11) is 0. The third-order valence-corrected chi connectivity index (χ3v) is 4.34. The molecule has 0 heterocycles. The molecule has 0 unspecified atom stereocenters. The van der Waals surface area contributed by atoms with Gasteiger partial charge in [0.25, 0.3) is 0 Å². The van der Waals surface area contributed by atoms with E-state index in [4.69, 9.17) is 10.00 Å². The maximum Gasteiger partial charge on any atom is 0.0991 e. The summed E-state index contributed by atoms with van der Waals surface area (Å²) in [5.41, 5.74) is 2.14. The van der Waals surface area contributed by atoms with Gasteiger partial charge in [0.1, 0.15) is 0 Å². The number of nitrogens with zero attached hydrogens (tertiary/aromatic N) is 1. The van der Waals surface area contributed by atoms with Gasteiger partial charge in [0.15, 0.2) is 0 Å². The van der Waals surface area contributed by atoms with Crippen molar-refractivity contribution in [3.05, 3.63) is 47.7 Å². The SMILES string of the molecule is CCCC=COCC1CCC(c2ccc(C#N)cc2)CC1. The van der Waals surface area contributed by atoms with Gasteiger partial charge in [-0.05, 0) is 67.7 Å². The summed E-state index contributed by atoms with van der Waals surface area (Å²) in [5, 5.41) is 8.84. The molecule has 0 N–H and O–H groups in total. The highest BCUT2D eigenvalue weighted by Gasteiger charge is 2.22. The van der Waals surface area contributed by atoms with Crippen LogP contribution in [0.2, 0.25) is 0 Å². The molecule has 1 fully saturated rings. The van der Waals surface area contributed by atoms with E-state index in [-0.39, 0.29) is 0 Å². The van der Waals surface area contributed by atoms with E-state index in [2.05, 4.69) is 31.2 Å². The molecule has 0 aromatic heterocycles. The van der Waals surface area contributed by atoms with Crippen LogP contribution in [-0.2, 0) is 4.74 Å². The molecule has 0 radical (unpaired) electrons. The van der Waals surface area contributed by atoms with E-state index in [0.29, 0.717) is 11.8 Å². The van der Waals surface area contributed by atoms with Crippen molar-refractivity contribution in [3.63, 3.8) is 0 Å². The Hall–Kier alpha value is -1.75. The Bertz CT molecular complexity index is 475. The molecule has 0 saturated heterocycles. The quantitative estimate of drug-likeness (QED) is 0.675. The predicted octanol–water partition coefficient (Wildman–Crippen LogP) is 5.16. The van der Waals surface area contributed by atoms with E-state index in [1.807, 2.05) is 18.4 Å². The van der Waals surface area contributed by atoms with Crippen LogP contribution in [0.25, 0.3) is 0 Å². The van der Waals surface area contributed by atoms with Gasteiger partial charge in [-0.25, -0.2) is 0 Å². The maximum absolute atomic E-state index is 8.84. The zero-order chi connectivity index (χ0) is 14.9. The fourth-order valence-electron chi connectivity index (χ4n) is 2.99. The van der Waals surface area contributed by atoms with Crippen LogP contribution in [0.4, 0.5) is 0 Å². The Labute approximate surface area is 128 Å². The zero-order valence-electron chi connectivity index (χ0n) is 12.9. The number of nitriles is 1. The monoisotopic (exact) mass is 283 g/mol. The Morgan fingerprint density at radius 2 is 1.90 bits per heavy atom. The summed E-state index contributed by atoms with van der Waals surface area (Å²) in [6.07, 6.45) is 11.2. The Balaban J connectivity index is 1.73. The van der Waals surface area contributed by atoms with E-state index in [9.17, 15) is 0 Å². The molecule has 0 spiro atoms. The van der Waals surface area contributed by atoms with Crippen molar-refractivity contribution in [2.75, 3.05) is 6.61 Å². The van der Waals surface area contributed by atoms with Crippen LogP contribution < -0.4 is 0 Å². The third-order valence-electron chi connectivity index (χ3n) is 4.34. The van der Waals surface area contributed by atoms with Crippen molar-refractivity contribution in [2.45, 2.75) is 51.4 Å². The summed E-state index contributed by atoms with van der Waals surface area (Å²) < 4.78 is 5.63. The highest BCUT2D eigenvalue weighted by Crippen LogP contribution is 2.35. The van der Waals surface area contributed by atoms with E-state index in [0.717, 1.165) is 18.6 Å². The van der Waals surface area contributed by atoms with Gasteiger partial charge in [-0.1, -0.05) is 25.5 Å². The van der Waals surface area contributed by atoms with Crippen molar-refractivity contribution in [2.24, 2.45) is 5.92 Å². The van der Waals surface area contributed by atoms with Crippen LogP contribution in [0.3, 0.4) is 0 Å². The van der Waals surface area contributed by atoms with Crippen molar-refractivity contribution in [1.82, 2.24) is 0 Å². The van der Waals surface area contributed by atoms with Crippen molar-refractivity contribution >= 4 is 0 Å². The number of hydrogen-bond acceptors (Lipinski definition) is 2. The molecular formula is C19H25NO. The summed E-state index contributed by atoms with van der Waals surface area (Å²) in [6, 6.07) is 10.3. The standard InChI is InChI=1S/C19H25NO/c1-2-3-4-13-21-15-17-7-11-19(12-8-17)18-9-5-16(14-20)6-10-18/h4-6,9-10,13,17,19H,2-3,7-8,11-12,15H2,1H3. The zero-order valence-corrected chi connectivity index (χ0v) is 12.9. The van der Waals surface area contributed by atoms with E-state index >= 15 is 0 Å². The molecular weight excluding hydrogens is 258 g/mol. The van der Waals surface area contributed by atoms with Crippen LogP contribution >= 0.6 is 0 Å². The first-order chi connectivity index (χ1) is 10.3. The van der Waals surface area contributed by atoms with E-state index < -0.39 is 0 Å². The number of ether oxygens (including phenoxy) is 1. The van der Waals surface area contributed by atoms with Gasteiger partial charge >= 0.3 is 0 Å². The highest BCUT2D eigenvalue weighted by molar-refractivity contribution is 5.33. The van der Waals surface area contributed by atoms with E-state index in [1.165, 1.54) is 37.7 Å². The first kappa shape index (κ1) is 15.6. The minimum absolute atomic E-state index is 0.657. The maximum atomic E-state index is 8.84. The summed E-state index contributed by atoms with van der Waals surface area (Å²) in [5.74, 6) is 1.36. The van der Waals surface area contributed by atoms with Gasteiger partial charge in [-0.2, -0.15) is 5.26 Å². The van der Waals surface area contributed by atoms with Gasteiger partial charge in [0, 0.05) is 0 Å². The topological polar surface area (TPSA) is 33.0 Å². The van der Waals surface area contributed by atoms with Gasteiger partial charge in [0.05, 0.1) is 24.5 Å². The second-order valence-corrected chi connectivity index (χ2v) is 5.95. The van der Waals surface area contributed by atoms with Gasteiger partial charge < -0.3 is 4.74 Å². The van der Waals surface area contributed by atoms with E-state index in [1.54, 1.807) is 0 Å². The summed E-state index contributed by atoms with van der Waals surface area (Å²) >= 11 is 0. The molecule has 1 aliphatic carbocycles. The molecule has 0 amide bonds. The fraction of sp³-hybridized carbons (Fsp3) is 0.526. The Morgan fingerprint density at radius 3 is 2.52 bits per heavy atom. The minimum atomic E-state index is 0.657. The molecule has 0 aliphatic heterocycles. The minimum Gasteiger partial charge on any atom is -0.501 e. The van der Waals surface area contributed by atoms with Gasteiger partial charge in [-0.15, -0.1) is 0 Å². The molecule has 21 heavy (non-hydrogen) atoms. The molecule has 1 aromatic carbocycles. The fourth-order valence-corrected chi connectivity index (χ4v) is 2.99. The predicted molar refractivity (Wildman–Crippen MR) is 85.9 cm³/mol. The lowest BCUT2D eigenvalue weighted by Crippen LogP contribution is -2.17. The first-order valence-electron chi connectivity index (χ1n) is 8.10. The Morgan fingerprint density at radius 1 is 1.19 bits per heavy atom. The van der Waals surface area contributed by atoms with Crippen LogP contribution in [0.1, 0.15) is 62.5 Å². The number of unbranched alkanes of at least 4 members (excludes halogenated alkanes) is 1. The molecule has 2 rings (SSSR count). The van der Waals surface area contributed by atoms with Crippen LogP contribution in [0.15, 0.2) is 36.6 Å². The molecule has 2 heteroatoms. The molecule has 0 atom stereocenters. The highest BCUT2D eigenvalue weighted by atomic mass is 16.5. The van der Waals surface area contributed by atoms with Crippen LogP contribution in [0.5, 0.6) is 0 Å². The summed E-state index contributed by atoms with van der Waals surface area (Å²) in [4.78, 5) is 0. The molecule has 2 nitrogen and oxygen atoms in total. The average molecular weight is 283 g/mol. The van der Waals surface area contributed by atoms with Crippen LogP contribution in [0, 0.1) is 17.2 Å². The lowest BCUT2D eigenvalue weighted by molar-refractivity contribution is 0.159. The molecule has 0 bridgehead atoms. The van der Waals surface area contributed by atoms with Gasteiger partial charge in [0.2, 0.25) is 0 Å². The first-order valence-corrected chi connectivity index (χ1v) is 8.10. The number of rotatable bonds is 6. The lowest BCUT2D eigenvalue weighted by atomic mass is 9.79. The summed E-state index contributed by atoms with van der Waals surface area (Å²) in [6.45, 7) is 3.04. The van der Waals surface area contributed by atoms with Gasteiger partial charge in [-0.3, -0.25) is 0 Å².